The average Bonchev–Trinajstić information content (AvgIpc) is 3.39. The Labute approximate surface area is 174 Å². The highest BCUT2D eigenvalue weighted by Crippen LogP contribution is 2.20. The minimum atomic E-state index is -0.774. The van der Waals surface area contributed by atoms with Gasteiger partial charge in [0.05, 0.1) is 18.8 Å². The predicted octanol–water partition coefficient (Wildman–Crippen LogP) is 2.20. The van der Waals surface area contributed by atoms with Gasteiger partial charge in [-0.05, 0) is 46.3 Å². The molecule has 2 aromatic heterocycles. The summed E-state index contributed by atoms with van der Waals surface area (Å²) < 4.78 is 12.7. The van der Waals surface area contributed by atoms with Gasteiger partial charge >= 0.3 is 5.97 Å². The highest BCUT2D eigenvalue weighted by atomic mass is 79.9. The molecule has 0 atom stereocenters. The monoisotopic (exact) mass is 460 g/mol. The van der Waals surface area contributed by atoms with E-state index in [1.807, 2.05) is 6.07 Å². The number of nitrogens with one attached hydrogen (secondary N) is 2. The zero-order valence-corrected chi connectivity index (χ0v) is 16.7. The van der Waals surface area contributed by atoms with Gasteiger partial charge < -0.3 is 19.8 Å². The van der Waals surface area contributed by atoms with Crippen molar-refractivity contribution in [2.24, 2.45) is 0 Å². The first-order chi connectivity index (χ1) is 14.0. The number of para-hydroxylation sites is 1. The molecule has 0 aliphatic heterocycles. The molecular weight excluding hydrogens is 444 g/mol. The third-order valence-electron chi connectivity index (χ3n) is 3.67. The van der Waals surface area contributed by atoms with Crippen molar-refractivity contribution < 1.29 is 23.5 Å². The summed E-state index contributed by atoms with van der Waals surface area (Å²) in [6.07, 6.45) is 3.40. The molecule has 0 spiro atoms. The fourth-order valence-corrected chi connectivity index (χ4v) is 2.70. The first kappa shape index (κ1) is 20.3. The number of carbonyl (C=O) groups excluding carboxylic acids is 3. The molecule has 2 amide bonds. The minimum Gasteiger partial charge on any atom is -0.452 e. The summed E-state index contributed by atoms with van der Waals surface area (Å²) in [7, 11) is 0. The standard InChI is InChI=1S/C19H17BrN4O5/c20-14-4-1-2-5-15(14)23-17(25)10-21-18(26)12-28-19(27)16-7-6-13(29-16)11-24-9-3-8-22-24/h1-9H,10-12H2,(H,21,26)(H,23,25). The van der Waals surface area contributed by atoms with Gasteiger partial charge in [-0.2, -0.15) is 5.10 Å². The molecule has 0 fully saturated rings. The number of carbonyl (C=O) groups is 3. The highest BCUT2D eigenvalue weighted by molar-refractivity contribution is 9.10. The molecule has 1 aromatic carbocycles. The first-order valence-electron chi connectivity index (χ1n) is 8.55. The number of hydrogen-bond acceptors (Lipinski definition) is 6. The maximum Gasteiger partial charge on any atom is 0.374 e. The molecule has 0 aliphatic rings. The van der Waals surface area contributed by atoms with E-state index in [0.717, 1.165) is 4.47 Å². The van der Waals surface area contributed by atoms with Crippen LogP contribution in [0.25, 0.3) is 0 Å². The molecule has 0 unspecified atom stereocenters. The molecule has 2 heterocycles. The van der Waals surface area contributed by atoms with E-state index in [1.54, 1.807) is 47.4 Å². The van der Waals surface area contributed by atoms with Crippen LogP contribution >= 0.6 is 15.9 Å². The summed E-state index contributed by atoms with van der Waals surface area (Å²) >= 11 is 3.31. The second-order valence-electron chi connectivity index (χ2n) is 5.85. The van der Waals surface area contributed by atoms with Gasteiger partial charge in [0, 0.05) is 16.9 Å². The van der Waals surface area contributed by atoms with Crippen molar-refractivity contribution >= 4 is 39.4 Å². The zero-order valence-electron chi connectivity index (χ0n) is 15.1. The molecule has 0 bridgehead atoms. The second kappa shape index (κ2) is 9.69. The molecule has 3 aromatic rings. The van der Waals surface area contributed by atoms with Crippen LogP contribution in [0, 0.1) is 0 Å². The van der Waals surface area contributed by atoms with E-state index >= 15 is 0 Å². The molecule has 0 radical (unpaired) electrons. The molecule has 9 nitrogen and oxygen atoms in total. The smallest absolute Gasteiger partial charge is 0.374 e. The topological polar surface area (TPSA) is 115 Å². The summed E-state index contributed by atoms with van der Waals surface area (Å²) in [5, 5.41) is 9.07. The average molecular weight is 461 g/mol. The molecule has 0 aliphatic carbocycles. The van der Waals surface area contributed by atoms with Crippen molar-refractivity contribution in [1.29, 1.82) is 0 Å². The number of rotatable bonds is 8. The number of aromatic nitrogens is 2. The van der Waals surface area contributed by atoms with Crippen LogP contribution in [-0.2, 0) is 20.9 Å². The van der Waals surface area contributed by atoms with Crippen LogP contribution in [0.2, 0.25) is 0 Å². The van der Waals surface area contributed by atoms with Crippen LogP contribution in [-0.4, -0.2) is 40.7 Å². The normalized spacial score (nSPS) is 10.4. The minimum absolute atomic E-state index is 0.0216. The van der Waals surface area contributed by atoms with E-state index < -0.39 is 24.4 Å². The molecule has 0 saturated heterocycles. The number of benzene rings is 1. The lowest BCUT2D eigenvalue weighted by molar-refractivity contribution is -0.126. The molecule has 2 N–H and O–H groups in total. The van der Waals surface area contributed by atoms with Gasteiger partial charge in [0.1, 0.15) is 5.76 Å². The molecule has 150 valence electrons. The van der Waals surface area contributed by atoms with Gasteiger partial charge in [-0.25, -0.2) is 4.79 Å². The number of nitrogens with zero attached hydrogens (tertiary/aromatic N) is 2. The van der Waals surface area contributed by atoms with Crippen LogP contribution in [0.3, 0.4) is 0 Å². The van der Waals surface area contributed by atoms with E-state index in [1.165, 1.54) is 6.07 Å². The third kappa shape index (κ3) is 6.04. The fourth-order valence-electron chi connectivity index (χ4n) is 2.32. The summed E-state index contributed by atoms with van der Waals surface area (Å²) in [6.45, 7) is -0.420. The SMILES string of the molecule is O=C(COC(=O)c1ccc(Cn2cccn2)o1)NCC(=O)Nc1ccccc1Br. The van der Waals surface area contributed by atoms with E-state index in [9.17, 15) is 14.4 Å². The predicted molar refractivity (Wildman–Crippen MR) is 106 cm³/mol. The fraction of sp³-hybridized carbons (Fsp3) is 0.158. The van der Waals surface area contributed by atoms with Gasteiger partial charge in [0.25, 0.3) is 5.91 Å². The van der Waals surface area contributed by atoms with Crippen molar-refractivity contribution in [2.45, 2.75) is 6.54 Å². The number of ether oxygens (including phenoxy) is 1. The largest absolute Gasteiger partial charge is 0.452 e. The maximum atomic E-state index is 12.0. The van der Waals surface area contributed by atoms with E-state index in [-0.39, 0.29) is 12.3 Å². The quantitative estimate of drug-likeness (QED) is 0.497. The summed E-state index contributed by atoms with van der Waals surface area (Å²) in [6, 6.07) is 11.9. The highest BCUT2D eigenvalue weighted by Gasteiger charge is 2.15. The van der Waals surface area contributed by atoms with Crippen molar-refractivity contribution in [1.82, 2.24) is 15.1 Å². The molecular formula is C19H17BrN4O5. The second-order valence-corrected chi connectivity index (χ2v) is 6.70. The number of esters is 1. The van der Waals surface area contributed by atoms with Crippen molar-refractivity contribution in [2.75, 3.05) is 18.5 Å². The number of halogens is 1. The van der Waals surface area contributed by atoms with E-state index in [2.05, 4.69) is 31.7 Å². The lowest BCUT2D eigenvalue weighted by Crippen LogP contribution is -2.35. The van der Waals surface area contributed by atoms with Crippen LogP contribution < -0.4 is 10.6 Å². The summed E-state index contributed by atoms with van der Waals surface area (Å²) in [5.41, 5.74) is 0.585. The van der Waals surface area contributed by atoms with Gasteiger partial charge in [0.2, 0.25) is 11.7 Å². The Morgan fingerprint density at radius 1 is 1.10 bits per heavy atom. The summed E-state index contributed by atoms with van der Waals surface area (Å²) in [4.78, 5) is 35.7. The Balaban J connectivity index is 1.40. The van der Waals surface area contributed by atoms with Crippen molar-refractivity contribution in [3.8, 4) is 0 Å². The maximum absolute atomic E-state index is 12.0. The lowest BCUT2D eigenvalue weighted by atomic mass is 10.3. The van der Waals surface area contributed by atoms with E-state index in [0.29, 0.717) is 18.0 Å². The molecule has 0 saturated carbocycles. The Morgan fingerprint density at radius 2 is 1.93 bits per heavy atom. The molecule has 10 heteroatoms. The Morgan fingerprint density at radius 3 is 2.69 bits per heavy atom. The number of anilines is 1. The lowest BCUT2D eigenvalue weighted by Gasteiger charge is -2.08. The zero-order chi connectivity index (χ0) is 20.6. The van der Waals surface area contributed by atoms with Crippen molar-refractivity contribution in [3.63, 3.8) is 0 Å². The van der Waals surface area contributed by atoms with Crippen LogP contribution in [0.15, 0.2) is 63.7 Å². The van der Waals surface area contributed by atoms with Gasteiger partial charge in [0.15, 0.2) is 6.61 Å². The Hall–Kier alpha value is -3.40. The van der Waals surface area contributed by atoms with Crippen LogP contribution in [0.5, 0.6) is 0 Å². The molecule has 3 rings (SSSR count). The number of amides is 2. The number of furan rings is 1. The van der Waals surface area contributed by atoms with E-state index in [4.69, 9.17) is 9.15 Å². The van der Waals surface area contributed by atoms with Gasteiger partial charge in [-0.3, -0.25) is 14.3 Å². The Bertz CT molecular complexity index is 1000. The van der Waals surface area contributed by atoms with Crippen LogP contribution in [0.4, 0.5) is 5.69 Å². The first-order valence-corrected chi connectivity index (χ1v) is 9.35. The number of hydrogen-bond donors (Lipinski definition) is 2. The molecule has 29 heavy (non-hydrogen) atoms. The van der Waals surface area contributed by atoms with Gasteiger partial charge in [-0.1, -0.05) is 12.1 Å². The van der Waals surface area contributed by atoms with Crippen molar-refractivity contribution in [3.05, 3.63) is 70.9 Å². The Kier molecular flexibility index (Phi) is 6.80. The van der Waals surface area contributed by atoms with Gasteiger partial charge in [-0.15, -0.1) is 0 Å². The summed E-state index contributed by atoms with van der Waals surface area (Å²) in [5.74, 6) is -1.29. The third-order valence-corrected chi connectivity index (χ3v) is 4.36. The van der Waals surface area contributed by atoms with Crippen LogP contribution in [0.1, 0.15) is 16.3 Å².